The van der Waals surface area contributed by atoms with E-state index in [9.17, 15) is 0 Å². The number of aryl methyl sites for hydroxylation is 1. The lowest BCUT2D eigenvalue weighted by molar-refractivity contribution is 0.611. The second-order valence-corrected chi connectivity index (χ2v) is 3.52. The van der Waals surface area contributed by atoms with Crippen LogP contribution in [0.15, 0.2) is 36.9 Å². The molecule has 0 heterocycles. The second kappa shape index (κ2) is 5.61. The normalized spacial score (nSPS) is 12.4. The highest BCUT2D eigenvalue weighted by Gasteiger charge is 2.07. The summed E-state index contributed by atoms with van der Waals surface area (Å²) in [6.45, 7) is 9.21. The molecule has 0 saturated carbocycles. The van der Waals surface area contributed by atoms with Gasteiger partial charge in [-0.25, -0.2) is 0 Å². The van der Waals surface area contributed by atoms with Crippen molar-refractivity contribution >= 4 is 0 Å². The molecule has 0 spiro atoms. The first-order valence-electron chi connectivity index (χ1n) is 5.21. The highest BCUT2D eigenvalue weighted by molar-refractivity contribution is 5.30. The minimum absolute atomic E-state index is 0.288. The van der Waals surface area contributed by atoms with Crippen molar-refractivity contribution in [2.24, 2.45) is 0 Å². The van der Waals surface area contributed by atoms with Gasteiger partial charge in [-0.1, -0.05) is 37.3 Å². The lowest BCUT2D eigenvalue weighted by atomic mass is 10.0. The molecule has 14 heavy (non-hydrogen) atoms. The van der Waals surface area contributed by atoms with Crippen LogP contribution >= 0.6 is 0 Å². The monoisotopic (exact) mass is 189 g/mol. The van der Waals surface area contributed by atoms with Gasteiger partial charge in [0, 0.05) is 0 Å². The Morgan fingerprint density at radius 3 is 2.71 bits per heavy atom. The molecule has 76 valence electrons. The van der Waals surface area contributed by atoms with Crippen LogP contribution in [0, 0.1) is 6.92 Å². The first-order valence-corrected chi connectivity index (χ1v) is 5.21. The number of rotatable bonds is 5. The van der Waals surface area contributed by atoms with E-state index in [0.29, 0.717) is 0 Å². The molecule has 0 aliphatic rings. The molecule has 0 radical (unpaired) electrons. The Hall–Kier alpha value is -1.08. The van der Waals surface area contributed by atoms with E-state index in [1.54, 1.807) is 0 Å². The van der Waals surface area contributed by atoms with Gasteiger partial charge < -0.3 is 5.32 Å². The topological polar surface area (TPSA) is 12.0 Å². The molecule has 1 atom stereocenters. The minimum Gasteiger partial charge on any atom is -0.307 e. The molecule has 0 amide bonds. The van der Waals surface area contributed by atoms with Crippen LogP contribution in [0.25, 0.3) is 0 Å². The summed E-state index contributed by atoms with van der Waals surface area (Å²) in [5.41, 5.74) is 2.65. The van der Waals surface area contributed by atoms with Crippen molar-refractivity contribution in [1.82, 2.24) is 5.32 Å². The summed E-state index contributed by atoms with van der Waals surface area (Å²) in [7, 11) is 0. The van der Waals surface area contributed by atoms with Gasteiger partial charge in [0.2, 0.25) is 0 Å². The smallest absolute Gasteiger partial charge is 0.0506 e. The quantitative estimate of drug-likeness (QED) is 0.701. The van der Waals surface area contributed by atoms with Crippen molar-refractivity contribution in [1.29, 1.82) is 0 Å². The van der Waals surface area contributed by atoms with Gasteiger partial charge in [-0.2, -0.15) is 0 Å². The fourth-order valence-electron chi connectivity index (χ4n) is 1.56. The molecular formula is C13H19N. The van der Waals surface area contributed by atoms with Crippen molar-refractivity contribution in [2.75, 3.05) is 6.54 Å². The largest absolute Gasteiger partial charge is 0.307 e. The van der Waals surface area contributed by atoms with Gasteiger partial charge in [0.15, 0.2) is 0 Å². The van der Waals surface area contributed by atoms with Crippen LogP contribution in [0.2, 0.25) is 0 Å². The number of nitrogens with one attached hydrogen (secondary N) is 1. The SMILES string of the molecule is C=CC(NCCC)c1ccccc1C. The van der Waals surface area contributed by atoms with Crippen molar-refractivity contribution in [2.45, 2.75) is 26.3 Å². The Labute approximate surface area is 86.8 Å². The van der Waals surface area contributed by atoms with Crippen LogP contribution < -0.4 is 5.32 Å². The molecule has 0 aliphatic carbocycles. The Morgan fingerprint density at radius 2 is 2.14 bits per heavy atom. The fourth-order valence-corrected chi connectivity index (χ4v) is 1.56. The first kappa shape index (κ1) is 11.0. The average molecular weight is 189 g/mol. The molecule has 0 aliphatic heterocycles. The van der Waals surface area contributed by atoms with Gasteiger partial charge >= 0.3 is 0 Å². The number of hydrogen-bond donors (Lipinski definition) is 1. The Balaban J connectivity index is 2.78. The van der Waals surface area contributed by atoms with E-state index in [1.807, 2.05) is 6.08 Å². The maximum Gasteiger partial charge on any atom is 0.0506 e. The predicted molar refractivity (Wildman–Crippen MR) is 62.4 cm³/mol. The number of benzene rings is 1. The van der Waals surface area contributed by atoms with Crippen molar-refractivity contribution in [3.63, 3.8) is 0 Å². The van der Waals surface area contributed by atoms with Crippen LogP contribution in [0.4, 0.5) is 0 Å². The summed E-state index contributed by atoms with van der Waals surface area (Å²) >= 11 is 0. The second-order valence-electron chi connectivity index (χ2n) is 3.52. The lowest BCUT2D eigenvalue weighted by Gasteiger charge is -2.16. The molecule has 1 N–H and O–H groups in total. The molecular weight excluding hydrogens is 170 g/mol. The Morgan fingerprint density at radius 1 is 1.43 bits per heavy atom. The lowest BCUT2D eigenvalue weighted by Crippen LogP contribution is -2.20. The third-order valence-electron chi connectivity index (χ3n) is 2.37. The van der Waals surface area contributed by atoms with Crippen molar-refractivity contribution < 1.29 is 0 Å². The zero-order valence-electron chi connectivity index (χ0n) is 9.09. The zero-order valence-corrected chi connectivity index (χ0v) is 9.09. The molecule has 1 heteroatoms. The summed E-state index contributed by atoms with van der Waals surface area (Å²) in [5.74, 6) is 0. The maximum atomic E-state index is 3.87. The van der Waals surface area contributed by atoms with Gasteiger partial charge in [-0.15, -0.1) is 6.58 Å². The highest BCUT2D eigenvalue weighted by atomic mass is 14.9. The van der Waals surface area contributed by atoms with Crippen LogP contribution in [-0.2, 0) is 0 Å². The van der Waals surface area contributed by atoms with Crippen LogP contribution in [0.3, 0.4) is 0 Å². The van der Waals surface area contributed by atoms with Gasteiger partial charge in [-0.3, -0.25) is 0 Å². The van der Waals surface area contributed by atoms with Gasteiger partial charge in [0.05, 0.1) is 6.04 Å². The third kappa shape index (κ3) is 2.71. The molecule has 1 aromatic rings. The molecule has 0 bridgehead atoms. The summed E-state index contributed by atoms with van der Waals surface area (Å²) in [4.78, 5) is 0. The first-order chi connectivity index (χ1) is 6.79. The molecule has 0 fully saturated rings. The Kier molecular flexibility index (Phi) is 4.41. The summed E-state index contributed by atoms with van der Waals surface area (Å²) in [6, 6.07) is 8.73. The van der Waals surface area contributed by atoms with Crippen LogP contribution in [0.5, 0.6) is 0 Å². The van der Waals surface area contributed by atoms with Crippen LogP contribution in [0.1, 0.15) is 30.5 Å². The molecule has 1 unspecified atom stereocenters. The van der Waals surface area contributed by atoms with Gasteiger partial charge in [0.1, 0.15) is 0 Å². The van der Waals surface area contributed by atoms with Gasteiger partial charge in [-0.05, 0) is 31.0 Å². The van der Waals surface area contributed by atoms with Gasteiger partial charge in [0.25, 0.3) is 0 Å². The summed E-state index contributed by atoms with van der Waals surface area (Å²) in [5, 5.41) is 3.46. The maximum absolute atomic E-state index is 3.87. The minimum atomic E-state index is 0.288. The van der Waals surface area contributed by atoms with E-state index in [0.717, 1.165) is 13.0 Å². The molecule has 1 nitrogen and oxygen atoms in total. The van der Waals surface area contributed by atoms with E-state index in [-0.39, 0.29) is 6.04 Å². The fraction of sp³-hybridized carbons (Fsp3) is 0.385. The average Bonchev–Trinajstić information content (AvgIpc) is 2.21. The molecule has 1 rings (SSSR count). The highest BCUT2D eigenvalue weighted by Crippen LogP contribution is 2.17. The zero-order chi connectivity index (χ0) is 10.4. The van der Waals surface area contributed by atoms with E-state index in [2.05, 4.69) is 50.0 Å². The molecule has 0 aromatic heterocycles. The van der Waals surface area contributed by atoms with E-state index < -0.39 is 0 Å². The third-order valence-corrected chi connectivity index (χ3v) is 2.37. The van der Waals surface area contributed by atoms with E-state index >= 15 is 0 Å². The van der Waals surface area contributed by atoms with Crippen molar-refractivity contribution in [3.05, 3.63) is 48.0 Å². The standard InChI is InChI=1S/C13H19N/c1-4-10-14-13(5-2)12-9-7-6-8-11(12)3/h5-9,13-14H,2,4,10H2,1,3H3. The predicted octanol–water partition coefficient (Wildman–Crippen LogP) is 3.22. The van der Waals surface area contributed by atoms with Crippen molar-refractivity contribution in [3.8, 4) is 0 Å². The summed E-state index contributed by atoms with van der Waals surface area (Å²) < 4.78 is 0. The van der Waals surface area contributed by atoms with Crippen LogP contribution in [-0.4, -0.2) is 6.54 Å². The van der Waals surface area contributed by atoms with E-state index in [1.165, 1.54) is 11.1 Å². The van der Waals surface area contributed by atoms with E-state index in [4.69, 9.17) is 0 Å². The number of hydrogen-bond acceptors (Lipinski definition) is 1. The Bertz CT molecular complexity index is 291. The molecule has 0 saturated heterocycles. The summed E-state index contributed by atoms with van der Waals surface area (Å²) in [6.07, 6.45) is 3.12. The molecule has 1 aromatic carbocycles.